The third-order valence-electron chi connectivity index (χ3n) is 19.5. The van der Waals surface area contributed by atoms with Crippen LogP contribution in [0.25, 0.3) is 66.1 Å². The average Bonchev–Trinajstić information content (AvgIpc) is 4.26. The number of benzene rings is 6. The Labute approximate surface area is 439 Å². The van der Waals surface area contributed by atoms with Gasteiger partial charge >= 0.3 is 0 Å². The standard InChI is InChI=1S/C66H84N2S4/c1-69(2,51-19-11-9-12-20-51)55-35-39-63-59(43-55)61-45-57(71(5,6)53-23-15-16-24-53)37-41-65(61)67(63)49-31-27-47(28-32-49)48-29-33-50(34-30-48)68-64-40-36-56(70(3,4)52-21-13-10-14-22-52)44-60(64)62-46-58(38-42-66(62)68)72(7,8)54-25-17-18-26-54/h27-46,51-54H,9-26H2,1-8H3. The van der Waals surface area contributed by atoms with Gasteiger partial charge in [0.25, 0.3) is 0 Å². The van der Waals surface area contributed by atoms with Gasteiger partial charge in [-0.15, -0.1) is 0 Å². The molecule has 0 unspecified atom stereocenters. The van der Waals surface area contributed by atoms with E-state index in [4.69, 9.17) is 0 Å². The summed E-state index contributed by atoms with van der Waals surface area (Å²) in [5, 5.41) is 9.07. The summed E-state index contributed by atoms with van der Waals surface area (Å²) in [6, 6.07) is 49.5. The Morgan fingerprint density at radius 1 is 0.278 bits per heavy atom. The monoisotopic (exact) mass is 1030 g/mol. The number of nitrogens with zero attached hydrogens (tertiary/aromatic N) is 2. The lowest BCUT2D eigenvalue weighted by molar-refractivity contribution is 0.512. The minimum Gasteiger partial charge on any atom is -0.309 e. The predicted octanol–water partition coefficient (Wildman–Crippen LogP) is 19.8. The van der Waals surface area contributed by atoms with Crippen molar-refractivity contribution >= 4 is 83.7 Å². The molecule has 0 bridgehead atoms. The molecule has 0 aliphatic heterocycles. The highest BCUT2D eigenvalue weighted by atomic mass is 32.3. The van der Waals surface area contributed by atoms with Crippen LogP contribution in [-0.2, 0) is 0 Å². The fourth-order valence-corrected chi connectivity index (χ4v) is 25.4. The van der Waals surface area contributed by atoms with E-state index in [1.807, 2.05) is 0 Å². The Hall–Kier alpha value is -3.68. The van der Waals surface area contributed by atoms with Crippen molar-refractivity contribution in [2.45, 2.75) is 156 Å². The number of hydrogen-bond donors (Lipinski definition) is 0. The van der Waals surface area contributed by atoms with Crippen molar-refractivity contribution in [2.75, 3.05) is 50.0 Å². The maximum Gasteiger partial charge on any atom is 0.0541 e. The molecular weight excluding hydrogens is 949 g/mol. The van der Waals surface area contributed by atoms with Crippen molar-refractivity contribution in [3.05, 3.63) is 121 Å². The van der Waals surface area contributed by atoms with Crippen molar-refractivity contribution in [1.82, 2.24) is 9.13 Å². The van der Waals surface area contributed by atoms with Gasteiger partial charge in [0.05, 0.1) is 22.1 Å². The average molecular weight is 1030 g/mol. The zero-order valence-corrected chi connectivity index (χ0v) is 48.4. The van der Waals surface area contributed by atoms with E-state index in [0.29, 0.717) is 0 Å². The Bertz CT molecular complexity index is 3050. The Kier molecular flexibility index (Phi) is 13.1. The molecule has 2 nitrogen and oxygen atoms in total. The van der Waals surface area contributed by atoms with Crippen molar-refractivity contribution in [2.24, 2.45) is 0 Å². The molecule has 0 N–H and O–H groups in total. The molecular formula is C66H84N2S4. The summed E-state index contributed by atoms with van der Waals surface area (Å²) < 4.78 is 5.14. The lowest BCUT2D eigenvalue weighted by atomic mass is 10.0. The van der Waals surface area contributed by atoms with Crippen LogP contribution >= 0.6 is 40.1 Å². The van der Waals surface area contributed by atoms with Gasteiger partial charge in [0.2, 0.25) is 0 Å². The van der Waals surface area contributed by atoms with E-state index in [1.165, 1.54) is 182 Å². The van der Waals surface area contributed by atoms with Gasteiger partial charge < -0.3 is 9.13 Å². The number of hydrogen-bond acceptors (Lipinski definition) is 0. The zero-order chi connectivity index (χ0) is 49.6. The van der Waals surface area contributed by atoms with Crippen molar-refractivity contribution in [3.63, 3.8) is 0 Å². The molecule has 0 atom stereocenters. The highest BCUT2D eigenvalue weighted by Gasteiger charge is 2.34. The Morgan fingerprint density at radius 3 is 0.736 bits per heavy atom. The lowest BCUT2D eigenvalue weighted by Gasteiger charge is -2.42. The first kappa shape index (κ1) is 49.2. The molecule has 0 saturated heterocycles. The van der Waals surface area contributed by atoms with Crippen LogP contribution in [0.1, 0.15) is 116 Å². The van der Waals surface area contributed by atoms with E-state index < -0.39 is 40.1 Å². The largest absolute Gasteiger partial charge is 0.309 e. The molecule has 382 valence electrons. The summed E-state index contributed by atoms with van der Waals surface area (Å²) in [6.45, 7) is 0. The Balaban J connectivity index is 0.908. The van der Waals surface area contributed by atoms with Crippen LogP contribution in [0, 0.1) is 0 Å². The van der Waals surface area contributed by atoms with E-state index in [2.05, 4.69) is 181 Å². The number of fused-ring (bicyclic) bond motifs is 6. The topological polar surface area (TPSA) is 9.86 Å². The highest BCUT2D eigenvalue weighted by Crippen LogP contribution is 2.63. The van der Waals surface area contributed by atoms with Gasteiger partial charge in [-0.2, -0.15) is 0 Å². The summed E-state index contributed by atoms with van der Waals surface area (Å²) in [5.41, 5.74) is 10.4. The second-order valence-corrected chi connectivity index (χ2v) is 40.2. The molecule has 6 aromatic carbocycles. The summed E-state index contributed by atoms with van der Waals surface area (Å²) in [4.78, 5) is 6.35. The third kappa shape index (κ3) is 8.51. The molecule has 0 amide bonds. The van der Waals surface area contributed by atoms with Crippen molar-refractivity contribution in [1.29, 1.82) is 0 Å². The van der Waals surface area contributed by atoms with E-state index in [9.17, 15) is 0 Å². The first-order chi connectivity index (χ1) is 34.7. The molecule has 0 spiro atoms. The Morgan fingerprint density at radius 2 is 0.500 bits per heavy atom. The van der Waals surface area contributed by atoms with Crippen LogP contribution in [0.2, 0.25) is 0 Å². The normalized spacial score (nSPS) is 19.6. The fraction of sp³-hybridized carbons (Fsp3) is 0.455. The van der Waals surface area contributed by atoms with Crippen LogP contribution in [0.4, 0.5) is 0 Å². The van der Waals surface area contributed by atoms with Gasteiger partial charge in [-0.3, -0.25) is 0 Å². The van der Waals surface area contributed by atoms with Crippen LogP contribution in [-0.4, -0.2) is 80.2 Å². The van der Waals surface area contributed by atoms with Crippen molar-refractivity contribution in [3.8, 4) is 22.5 Å². The summed E-state index contributed by atoms with van der Waals surface area (Å²) in [5.74, 6) is 0. The van der Waals surface area contributed by atoms with Crippen LogP contribution < -0.4 is 0 Å². The molecule has 4 aliphatic carbocycles. The van der Waals surface area contributed by atoms with Crippen LogP contribution in [0.3, 0.4) is 0 Å². The van der Waals surface area contributed by atoms with Gasteiger partial charge in [-0.05, 0) is 250 Å². The first-order valence-electron chi connectivity index (χ1n) is 28.0. The quantitative estimate of drug-likeness (QED) is 0.122. The second kappa shape index (κ2) is 19.2. The number of rotatable bonds is 11. The molecule has 4 fully saturated rings. The van der Waals surface area contributed by atoms with Crippen LogP contribution in [0.15, 0.2) is 141 Å². The first-order valence-corrected chi connectivity index (χ1v) is 38.0. The summed E-state index contributed by atoms with van der Waals surface area (Å²) in [6.07, 6.45) is 46.0. The highest BCUT2D eigenvalue weighted by molar-refractivity contribution is 8.34. The minimum absolute atomic E-state index is 0.826. The minimum atomic E-state index is -0.931. The van der Waals surface area contributed by atoms with E-state index in [-0.39, 0.29) is 0 Å². The SMILES string of the molecule is CS(C)(c1ccc2c(c1)c1cc(S(C)(C)C3CCCC3)ccc1n2-c1ccc(-c2ccc(-n3c4ccc(S(C)(C)C5CCCCC5)cc4c4cc(S(C)(C)C5CCCC5)ccc43)cc2)cc1)C1CCCCC1. The summed E-state index contributed by atoms with van der Waals surface area (Å²) in [7, 11) is -3.68. The maximum atomic E-state index is 2.64. The molecule has 72 heavy (non-hydrogen) atoms. The van der Waals surface area contributed by atoms with Crippen LogP contribution in [0.5, 0.6) is 0 Å². The van der Waals surface area contributed by atoms with E-state index in [0.717, 1.165) is 21.0 Å². The fourth-order valence-electron chi connectivity index (χ4n) is 14.5. The number of aromatic nitrogens is 2. The molecule has 6 heteroatoms. The lowest BCUT2D eigenvalue weighted by Crippen LogP contribution is -2.20. The van der Waals surface area contributed by atoms with E-state index in [1.54, 1.807) is 19.6 Å². The van der Waals surface area contributed by atoms with Gasteiger partial charge in [0, 0.05) is 32.9 Å². The second-order valence-electron chi connectivity index (χ2n) is 24.4. The van der Waals surface area contributed by atoms with Gasteiger partial charge in [-0.25, -0.2) is 40.1 Å². The maximum absolute atomic E-state index is 2.64. The molecule has 0 radical (unpaired) electrons. The molecule has 4 aliphatic rings. The smallest absolute Gasteiger partial charge is 0.0541 e. The van der Waals surface area contributed by atoms with Crippen molar-refractivity contribution < 1.29 is 0 Å². The predicted molar refractivity (Wildman–Crippen MR) is 330 cm³/mol. The zero-order valence-electron chi connectivity index (χ0n) is 45.1. The van der Waals surface area contributed by atoms with E-state index >= 15 is 0 Å². The van der Waals surface area contributed by atoms with Gasteiger partial charge in [0.1, 0.15) is 0 Å². The molecule has 8 aromatic rings. The summed E-state index contributed by atoms with van der Waals surface area (Å²) >= 11 is 0. The van der Waals surface area contributed by atoms with Gasteiger partial charge in [-0.1, -0.05) is 88.5 Å². The molecule has 2 aromatic heterocycles. The molecule has 2 heterocycles. The third-order valence-corrected chi connectivity index (χ3v) is 33.9. The molecule has 12 rings (SSSR count). The molecule has 4 saturated carbocycles. The van der Waals surface area contributed by atoms with Gasteiger partial charge in [0.15, 0.2) is 0 Å².